The van der Waals surface area contributed by atoms with Gasteiger partial charge in [-0.25, -0.2) is 0 Å². The van der Waals surface area contributed by atoms with Crippen LogP contribution in [-0.4, -0.2) is 39.1 Å². The molecule has 2 saturated heterocycles. The first-order valence-electron chi connectivity index (χ1n) is 19.6. The van der Waals surface area contributed by atoms with Crippen molar-refractivity contribution in [3.8, 4) is 0 Å². The molecule has 2 fully saturated rings. The molecular weight excluding hydrogens is 516 g/mol. The first-order valence-corrected chi connectivity index (χ1v) is 19.6. The summed E-state index contributed by atoms with van der Waals surface area (Å²) in [5.41, 5.74) is 0. The summed E-state index contributed by atoms with van der Waals surface area (Å²) in [6, 6.07) is 0. The topological polar surface area (TPSA) is 34.3 Å². The molecule has 1 atom stereocenters. The maximum absolute atomic E-state index is 5.86. The predicted octanol–water partition coefficient (Wildman–Crippen LogP) is 13.2. The van der Waals surface area contributed by atoms with Crippen LogP contribution in [-0.2, 0) is 14.2 Å². The van der Waals surface area contributed by atoms with Gasteiger partial charge in [-0.3, -0.25) is 0 Å². The number of unbranched alkanes of at least 4 members (excludes halogenated alkanes) is 28. The van der Waals surface area contributed by atoms with E-state index in [0.29, 0.717) is 6.10 Å². The van der Waals surface area contributed by atoms with E-state index in [0.717, 1.165) is 33.0 Å². The highest BCUT2D eigenvalue weighted by molar-refractivity contribution is 4.58. The quantitative estimate of drug-likeness (QED) is 0.0572. The monoisotopic (exact) mass is 597 g/mol. The SMILES string of the molecule is C1CO1.CC1CO1.CCCCCCCCCCCCCCCCCCOCCCCCCCCCCCCCCCC. The van der Waals surface area contributed by atoms with Crippen LogP contribution in [0.25, 0.3) is 0 Å². The lowest BCUT2D eigenvalue weighted by atomic mass is 10.0. The van der Waals surface area contributed by atoms with Gasteiger partial charge >= 0.3 is 0 Å². The average Bonchev–Trinajstić information content (AvgIpc) is 3.93. The van der Waals surface area contributed by atoms with Crippen molar-refractivity contribution in [1.82, 2.24) is 0 Å². The van der Waals surface area contributed by atoms with Crippen LogP contribution in [0.5, 0.6) is 0 Å². The molecule has 0 bridgehead atoms. The van der Waals surface area contributed by atoms with Gasteiger partial charge in [0.25, 0.3) is 0 Å². The van der Waals surface area contributed by atoms with Crippen molar-refractivity contribution in [1.29, 1.82) is 0 Å². The maximum Gasteiger partial charge on any atom is 0.0781 e. The largest absolute Gasteiger partial charge is 0.381 e. The lowest BCUT2D eigenvalue weighted by Gasteiger charge is -2.05. The Balaban J connectivity index is 0.00000207. The molecule has 2 aliphatic heterocycles. The Bertz CT molecular complexity index is 414. The van der Waals surface area contributed by atoms with Crippen molar-refractivity contribution in [2.75, 3.05) is 33.0 Å². The Kier molecular flexibility index (Phi) is 38.8. The molecule has 0 spiro atoms. The first-order chi connectivity index (χ1) is 20.8. The summed E-state index contributed by atoms with van der Waals surface area (Å²) in [6.07, 6.45) is 43.6. The fraction of sp³-hybridized carbons (Fsp3) is 1.00. The molecule has 0 amide bonds. The number of epoxide rings is 2. The van der Waals surface area contributed by atoms with Crippen molar-refractivity contribution < 1.29 is 14.2 Å². The molecule has 254 valence electrons. The fourth-order valence-corrected chi connectivity index (χ4v) is 5.35. The van der Waals surface area contributed by atoms with Gasteiger partial charge in [0.05, 0.1) is 25.9 Å². The molecule has 2 heterocycles. The Hall–Kier alpha value is -0.120. The van der Waals surface area contributed by atoms with E-state index in [2.05, 4.69) is 25.5 Å². The molecule has 2 rings (SSSR count). The van der Waals surface area contributed by atoms with Gasteiger partial charge in [0, 0.05) is 13.2 Å². The standard InChI is InChI=1S/C34H70O.C3H6O.C2H4O/c1-3-5-7-9-11-13-15-17-19-20-22-24-26-28-30-32-34-35-33-31-29-27-25-23-21-18-16-14-12-10-8-6-4-2;1-3-2-4-3;1-2-3-1/h3-34H2,1-2H3;3H,2H2,1H3;1-2H2. The van der Waals surface area contributed by atoms with Crippen LogP contribution < -0.4 is 0 Å². The van der Waals surface area contributed by atoms with Crippen molar-refractivity contribution in [2.45, 2.75) is 219 Å². The first kappa shape index (κ1) is 41.9. The molecule has 3 heteroatoms. The highest BCUT2D eigenvalue weighted by Crippen LogP contribution is 2.15. The Morgan fingerprint density at radius 3 is 0.762 bits per heavy atom. The molecule has 2 aliphatic rings. The third-order valence-electron chi connectivity index (χ3n) is 8.49. The molecule has 0 saturated carbocycles. The van der Waals surface area contributed by atoms with Crippen LogP contribution in [0.4, 0.5) is 0 Å². The Labute approximate surface area is 266 Å². The van der Waals surface area contributed by atoms with Crippen LogP contribution in [0.15, 0.2) is 0 Å². The molecule has 0 radical (unpaired) electrons. The van der Waals surface area contributed by atoms with Gasteiger partial charge in [-0.1, -0.05) is 194 Å². The van der Waals surface area contributed by atoms with E-state index in [1.165, 1.54) is 193 Å². The molecule has 0 aromatic carbocycles. The van der Waals surface area contributed by atoms with Gasteiger partial charge in [-0.15, -0.1) is 0 Å². The van der Waals surface area contributed by atoms with E-state index in [4.69, 9.17) is 9.47 Å². The van der Waals surface area contributed by atoms with Crippen molar-refractivity contribution in [3.63, 3.8) is 0 Å². The maximum atomic E-state index is 5.86. The van der Waals surface area contributed by atoms with E-state index in [1.54, 1.807) is 0 Å². The summed E-state index contributed by atoms with van der Waals surface area (Å²) < 4.78 is 15.1. The summed E-state index contributed by atoms with van der Waals surface area (Å²) in [6.45, 7) is 11.6. The van der Waals surface area contributed by atoms with Crippen LogP contribution in [0.1, 0.15) is 213 Å². The number of rotatable bonds is 32. The van der Waals surface area contributed by atoms with Gasteiger partial charge in [-0.05, 0) is 19.8 Å². The zero-order valence-corrected chi connectivity index (χ0v) is 29.6. The van der Waals surface area contributed by atoms with E-state index >= 15 is 0 Å². The average molecular weight is 597 g/mol. The zero-order chi connectivity index (χ0) is 30.4. The lowest BCUT2D eigenvalue weighted by molar-refractivity contribution is 0.125. The van der Waals surface area contributed by atoms with E-state index in [1.807, 2.05) is 0 Å². The number of ether oxygens (including phenoxy) is 3. The molecule has 0 aromatic heterocycles. The van der Waals surface area contributed by atoms with Crippen LogP contribution in [0.2, 0.25) is 0 Å². The zero-order valence-electron chi connectivity index (χ0n) is 29.6. The fourth-order valence-electron chi connectivity index (χ4n) is 5.35. The molecule has 0 N–H and O–H groups in total. The molecule has 42 heavy (non-hydrogen) atoms. The van der Waals surface area contributed by atoms with Crippen molar-refractivity contribution in [3.05, 3.63) is 0 Å². The van der Waals surface area contributed by atoms with E-state index in [-0.39, 0.29) is 0 Å². The van der Waals surface area contributed by atoms with Gasteiger partial charge in [0.15, 0.2) is 0 Å². The summed E-state index contributed by atoms with van der Waals surface area (Å²) in [7, 11) is 0. The second-order valence-corrected chi connectivity index (χ2v) is 13.3. The highest BCUT2D eigenvalue weighted by Gasteiger charge is 2.13. The minimum atomic E-state index is 0.583. The number of hydrogen-bond acceptors (Lipinski definition) is 3. The predicted molar refractivity (Wildman–Crippen MR) is 187 cm³/mol. The number of hydrogen-bond donors (Lipinski definition) is 0. The van der Waals surface area contributed by atoms with Crippen LogP contribution in [0.3, 0.4) is 0 Å². The summed E-state index contributed by atoms with van der Waals surface area (Å²) in [4.78, 5) is 0. The smallest absolute Gasteiger partial charge is 0.0781 e. The minimum absolute atomic E-state index is 0.583. The molecular formula is C39H80O3. The Morgan fingerprint density at radius 2 is 0.595 bits per heavy atom. The van der Waals surface area contributed by atoms with Gasteiger partial charge in [0.1, 0.15) is 0 Å². The van der Waals surface area contributed by atoms with Crippen LogP contribution >= 0.6 is 0 Å². The second-order valence-electron chi connectivity index (χ2n) is 13.3. The molecule has 1 unspecified atom stereocenters. The second kappa shape index (κ2) is 38.9. The molecule has 0 aromatic rings. The van der Waals surface area contributed by atoms with Crippen LogP contribution in [0, 0.1) is 0 Å². The van der Waals surface area contributed by atoms with Gasteiger partial charge in [-0.2, -0.15) is 0 Å². The molecule has 3 nitrogen and oxygen atoms in total. The van der Waals surface area contributed by atoms with Crippen molar-refractivity contribution >= 4 is 0 Å². The highest BCUT2D eigenvalue weighted by atomic mass is 16.6. The van der Waals surface area contributed by atoms with Gasteiger partial charge in [0.2, 0.25) is 0 Å². The third-order valence-corrected chi connectivity index (χ3v) is 8.49. The summed E-state index contributed by atoms with van der Waals surface area (Å²) >= 11 is 0. The lowest BCUT2D eigenvalue weighted by Crippen LogP contribution is -1.97. The van der Waals surface area contributed by atoms with Crippen molar-refractivity contribution in [2.24, 2.45) is 0 Å². The third kappa shape index (κ3) is 46.8. The normalized spacial score (nSPS) is 15.1. The van der Waals surface area contributed by atoms with E-state index in [9.17, 15) is 0 Å². The summed E-state index contributed by atoms with van der Waals surface area (Å²) in [5, 5.41) is 0. The minimum Gasteiger partial charge on any atom is -0.381 e. The summed E-state index contributed by atoms with van der Waals surface area (Å²) in [5.74, 6) is 0. The van der Waals surface area contributed by atoms with E-state index < -0.39 is 0 Å². The van der Waals surface area contributed by atoms with Gasteiger partial charge < -0.3 is 14.2 Å². The molecule has 0 aliphatic carbocycles. The Morgan fingerprint density at radius 1 is 0.405 bits per heavy atom.